The Morgan fingerprint density at radius 3 is 2.37 bits per heavy atom. The van der Waals surface area contributed by atoms with Crippen LogP contribution in [0, 0.1) is 0 Å². The Labute approximate surface area is 113 Å². The first kappa shape index (κ1) is 15.2. The summed E-state index contributed by atoms with van der Waals surface area (Å²) < 4.78 is 0. The van der Waals surface area contributed by atoms with Crippen LogP contribution in [0.3, 0.4) is 0 Å². The van der Waals surface area contributed by atoms with Gasteiger partial charge in [-0.3, -0.25) is 9.59 Å². The van der Waals surface area contributed by atoms with Crippen molar-refractivity contribution in [2.75, 3.05) is 0 Å². The van der Waals surface area contributed by atoms with E-state index in [1.54, 1.807) is 0 Å². The van der Waals surface area contributed by atoms with E-state index in [-0.39, 0.29) is 11.3 Å². The van der Waals surface area contributed by atoms with Crippen LogP contribution in [0.1, 0.15) is 39.2 Å². The van der Waals surface area contributed by atoms with E-state index in [9.17, 15) is 9.59 Å². The van der Waals surface area contributed by atoms with Crippen molar-refractivity contribution in [3.8, 4) is 0 Å². The monoisotopic (exact) mass is 263 g/mol. The average molecular weight is 263 g/mol. The van der Waals surface area contributed by atoms with E-state index in [2.05, 4.69) is 19.2 Å². The van der Waals surface area contributed by atoms with Crippen molar-refractivity contribution in [1.82, 2.24) is 5.32 Å². The molecular formula is C15H21NO3. The second-order valence-electron chi connectivity index (χ2n) is 5.38. The van der Waals surface area contributed by atoms with Gasteiger partial charge < -0.3 is 10.4 Å². The van der Waals surface area contributed by atoms with Crippen molar-refractivity contribution in [3.05, 3.63) is 35.9 Å². The van der Waals surface area contributed by atoms with Crippen molar-refractivity contribution in [2.45, 2.75) is 45.1 Å². The van der Waals surface area contributed by atoms with Crippen molar-refractivity contribution in [1.29, 1.82) is 0 Å². The Balaban J connectivity index is 2.52. The van der Waals surface area contributed by atoms with E-state index in [0.29, 0.717) is 12.8 Å². The second-order valence-corrected chi connectivity index (χ2v) is 5.38. The van der Waals surface area contributed by atoms with E-state index in [1.165, 1.54) is 12.5 Å². The number of carboxylic acid groups (broad SMARTS) is 1. The molecule has 104 valence electrons. The maximum atomic E-state index is 11.7. The van der Waals surface area contributed by atoms with Gasteiger partial charge in [0.25, 0.3) is 0 Å². The number of carbonyl (C=O) groups is 2. The number of hydrogen-bond donors (Lipinski definition) is 2. The zero-order valence-corrected chi connectivity index (χ0v) is 11.6. The fourth-order valence-electron chi connectivity index (χ4n) is 1.84. The standard InChI is InChI=1S/C15H21NO3/c1-11(14(18)19)16-13(17)9-10-15(2,3)12-7-5-4-6-8-12/h4-8,11H,9-10H2,1-3H3,(H,16,17)(H,18,19). The molecule has 0 aliphatic rings. The second kappa shape index (κ2) is 6.36. The molecule has 4 nitrogen and oxygen atoms in total. The third kappa shape index (κ3) is 4.73. The lowest BCUT2D eigenvalue weighted by atomic mass is 9.80. The van der Waals surface area contributed by atoms with E-state index >= 15 is 0 Å². The fourth-order valence-corrected chi connectivity index (χ4v) is 1.84. The summed E-state index contributed by atoms with van der Waals surface area (Å²) >= 11 is 0. The lowest BCUT2D eigenvalue weighted by Crippen LogP contribution is -2.38. The predicted octanol–water partition coefficient (Wildman–Crippen LogP) is 2.33. The molecule has 0 fully saturated rings. The normalized spacial score (nSPS) is 12.8. The van der Waals surface area contributed by atoms with E-state index in [0.717, 1.165) is 0 Å². The van der Waals surface area contributed by atoms with E-state index in [4.69, 9.17) is 5.11 Å². The van der Waals surface area contributed by atoms with Gasteiger partial charge in [0.1, 0.15) is 6.04 Å². The largest absolute Gasteiger partial charge is 0.480 e. The molecule has 0 saturated heterocycles. The number of benzene rings is 1. The summed E-state index contributed by atoms with van der Waals surface area (Å²) in [6.07, 6.45) is 0.995. The van der Waals surface area contributed by atoms with Gasteiger partial charge in [0, 0.05) is 6.42 Å². The van der Waals surface area contributed by atoms with Crippen molar-refractivity contribution in [3.63, 3.8) is 0 Å². The lowest BCUT2D eigenvalue weighted by molar-refractivity contribution is -0.141. The number of aliphatic carboxylic acids is 1. The molecule has 1 rings (SSSR count). The summed E-state index contributed by atoms with van der Waals surface area (Å²) in [4.78, 5) is 22.3. The first-order chi connectivity index (χ1) is 8.83. The van der Waals surface area contributed by atoms with Crippen molar-refractivity contribution >= 4 is 11.9 Å². The molecule has 1 atom stereocenters. The topological polar surface area (TPSA) is 66.4 Å². The molecule has 0 aliphatic carbocycles. The van der Waals surface area contributed by atoms with Gasteiger partial charge in [0.15, 0.2) is 0 Å². The molecule has 1 amide bonds. The third-order valence-electron chi connectivity index (χ3n) is 3.28. The summed E-state index contributed by atoms with van der Waals surface area (Å²) in [6.45, 7) is 5.62. The van der Waals surface area contributed by atoms with Gasteiger partial charge in [-0.2, -0.15) is 0 Å². The van der Waals surface area contributed by atoms with E-state index in [1.807, 2.05) is 30.3 Å². The van der Waals surface area contributed by atoms with E-state index < -0.39 is 12.0 Å². The summed E-state index contributed by atoms with van der Waals surface area (Å²) in [7, 11) is 0. The highest BCUT2D eigenvalue weighted by atomic mass is 16.4. The Bertz CT molecular complexity index is 440. The van der Waals surface area contributed by atoms with Gasteiger partial charge in [0.05, 0.1) is 0 Å². The maximum Gasteiger partial charge on any atom is 0.325 e. The van der Waals surface area contributed by atoms with Crippen LogP contribution in [-0.2, 0) is 15.0 Å². The first-order valence-electron chi connectivity index (χ1n) is 6.40. The predicted molar refractivity (Wildman–Crippen MR) is 73.9 cm³/mol. The average Bonchev–Trinajstić information content (AvgIpc) is 2.37. The number of nitrogens with one attached hydrogen (secondary N) is 1. The summed E-state index contributed by atoms with van der Waals surface area (Å²) in [5.74, 6) is -1.24. The van der Waals surface area contributed by atoms with Gasteiger partial charge in [-0.25, -0.2) is 0 Å². The van der Waals surface area contributed by atoms with Crippen LogP contribution < -0.4 is 5.32 Å². The molecule has 0 aromatic heterocycles. The van der Waals surface area contributed by atoms with Crippen LogP contribution in [0.4, 0.5) is 0 Å². The first-order valence-corrected chi connectivity index (χ1v) is 6.40. The molecular weight excluding hydrogens is 242 g/mol. The van der Waals surface area contributed by atoms with Gasteiger partial charge in [-0.15, -0.1) is 0 Å². The Kier molecular flexibility index (Phi) is 5.10. The highest BCUT2D eigenvalue weighted by Crippen LogP contribution is 2.27. The van der Waals surface area contributed by atoms with Crippen LogP contribution in [0.5, 0.6) is 0 Å². The molecule has 1 aromatic carbocycles. The number of carbonyl (C=O) groups excluding carboxylic acids is 1. The molecule has 0 radical (unpaired) electrons. The van der Waals surface area contributed by atoms with Crippen LogP contribution in [0.25, 0.3) is 0 Å². The molecule has 2 N–H and O–H groups in total. The van der Waals surface area contributed by atoms with Crippen LogP contribution >= 0.6 is 0 Å². The van der Waals surface area contributed by atoms with Gasteiger partial charge in [0.2, 0.25) is 5.91 Å². The molecule has 4 heteroatoms. The zero-order valence-electron chi connectivity index (χ0n) is 11.6. The van der Waals surface area contributed by atoms with Crippen molar-refractivity contribution < 1.29 is 14.7 Å². The van der Waals surface area contributed by atoms with Crippen LogP contribution in [0.15, 0.2) is 30.3 Å². The minimum Gasteiger partial charge on any atom is -0.480 e. The Morgan fingerprint density at radius 2 is 1.84 bits per heavy atom. The Morgan fingerprint density at radius 1 is 1.26 bits per heavy atom. The molecule has 19 heavy (non-hydrogen) atoms. The summed E-state index contributed by atoms with van der Waals surface area (Å²) in [6, 6.07) is 9.15. The molecule has 0 heterocycles. The molecule has 0 saturated carbocycles. The maximum absolute atomic E-state index is 11.7. The van der Waals surface area contributed by atoms with Gasteiger partial charge >= 0.3 is 5.97 Å². The molecule has 0 aliphatic heterocycles. The Hall–Kier alpha value is -1.84. The zero-order chi connectivity index (χ0) is 14.5. The highest BCUT2D eigenvalue weighted by Gasteiger charge is 2.22. The minimum absolute atomic E-state index is 0.106. The molecule has 1 aromatic rings. The summed E-state index contributed by atoms with van der Waals surface area (Å²) in [5.41, 5.74) is 1.07. The van der Waals surface area contributed by atoms with Crippen LogP contribution in [-0.4, -0.2) is 23.0 Å². The lowest BCUT2D eigenvalue weighted by Gasteiger charge is -2.25. The van der Waals surface area contributed by atoms with Gasteiger partial charge in [-0.1, -0.05) is 44.2 Å². The van der Waals surface area contributed by atoms with Gasteiger partial charge in [-0.05, 0) is 24.3 Å². The minimum atomic E-state index is -1.02. The number of amides is 1. The highest BCUT2D eigenvalue weighted by molar-refractivity contribution is 5.83. The third-order valence-corrected chi connectivity index (χ3v) is 3.28. The molecule has 0 spiro atoms. The smallest absolute Gasteiger partial charge is 0.325 e. The molecule has 1 unspecified atom stereocenters. The van der Waals surface area contributed by atoms with Crippen LogP contribution in [0.2, 0.25) is 0 Å². The molecule has 0 bridgehead atoms. The van der Waals surface area contributed by atoms with Crippen molar-refractivity contribution in [2.24, 2.45) is 0 Å². The quantitative estimate of drug-likeness (QED) is 0.827. The fraction of sp³-hybridized carbons (Fsp3) is 0.467. The summed E-state index contributed by atoms with van der Waals surface area (Å²) in [5, 5.41) is 11.2. The number of hydrogen-bond acceptors (Lipinski definition) is 2. The number of carboxylic acids is 1. The number of rotatable bonds is 6. The SMILES string of the molecule is CC(NC(=O)CCC(C)(C)c1ccccc1)C(=O)O.